The monoisotopic (exact) mass is 313 g/mol. The molecule has 2 aromatic rings. The second-order valence-electron chi connectivity index (χ2n) is 4.53. The average Bonchev–Trinajstić information content (AvgIpc) is 2.60. The highest BCUT2D eigenvalue weighted by Gasteiger charge is 2.14. The first-order valence-corrected chi connectivity index (χ1v) is 6.77. The topological polar surface area (TPSA) is 97.4 Å². The third kappa shape index (κ3) is 4.63. The van der Waals surface area contributed by atoms with Crippen molar-refractivity contribution in [3.05, 3.63) is 59.9 Å². The SMILES string of the molecule is COC(=O)c1ccc(NC(=O)C(=O)NCc2ccccn2)cc1. The van der Waals surface area contributed by atoms with Gasteiger partial charge < -0.3 is 15.4 Å². The van der Waals surface area contributed by atoms with E-state index < -0.39 is 17.8 Å². The molecule has 2 rings (SSSR count). The van der Waals surface area contributed by atoms with E-state index >= 15 is 0 Å². The first-order valence-electron chi connectivity index (χ1n) is 6.77. The molecule has 0 aliphatic carbocycles. The van der Waals surface area contributed by atoms with Crippen LogP contribution in [0, 0.1) is 0 Å². The number of esters is 1. The van der Waals surface area contributed by atoms with Gasteiger partial charge in [0.05, 0.1) is 24.9 Å². The van der Waals surface area contributed by atoms with Gasteiger partial charge in [0.15, 0.2) is 0 Å². The van der Waals surface area contributed by atoms with Crippen LogP contribution in [0.1, 0.15) is 16.1 Å². The molecule has 2 N–H and O–H groups in total. The number of ether oxygens (including phenoxy) is 1. The fourth-order valence-electron chi connectivity index (χ4n) is 1.75. The van der Waals surface area contributed by atoms with Crippen molar-refractivity contribution < 1.29 is 19.1 Å². The molecule has 0 atom stereocenters. The van der Waals surface area contributed by atoms with Gasteiger partial charge in [0.1, 0.15) is 0 Å². The van der Waals surface area contributed by atoms with E-state index in [4.69, 9.17) is 0 Å². The molecule has 1 heterocycles. The molecule has 0 spiro atoms. The Labute approximate surface area is 132 Å². The van der Waals surface area contributed by atoms with Crippen molar-refractivity contribution in [3.63, 3.8) is 0 Å². The van der Waals surface area contributed by atoms with Gasteiger partial charge in [0.2, 0.25) is 0 Å². The van der Waals surface area contributed by atoms with Crippen LogP contribution in [0.2, 0.25) is 0 Å². The molecule has 7 heteroatoms. The summed E-state index contributed by atoms with van der Waals surface area (Å²) in [5.74, 6) is -2.05. The molecule has 1 aromatic carbocycles. The minimum atomic E-state index is -0.799. The molecule has 0 saturated carbocycles. The number of pyridine rings is 1. The average molecular weight is 313 g/mol. The highest BCUT2D eigenvalue weighted by molar-refractivity contribution is 6.39. The lowest BCUT2D eigenvalue weighted by Crippen LogP contribution is -2.35. The van der Waals surface area contributed by atoms with Crippen molar-refractivity contribution in [2.45, 2.75) is 6.54 Å². The summed E-state index contributed by atoms with van der Waals surface area (Å²) in [7, 11) is 1.28. The predicted molar refractivity (Wildman–Crippen MR) is 82.5 cm³/mol. The van der Waals surface area contributed by atoms with E-state index in [1.807, 2.05) is 0 Å². The highest BCUT2D eigenvalue weighted by atomic mass is 16.5. The van der Waals surface area contributed by atoms with Gasteiger partial charge in [-0.05, 0) is 36.4 Å². The highest BCUT2D eigenvalue weighted by Crippen LogP contribution is 2.10. The molecule has 0 unspecified atom stereocenters. The number of rotatable bonds is 4. The van der Waals surface area contributed by atoms with Gasteiger partial charge in [-0.15, -0.1) is 0 Å². The molecule has 0 saturated heterocycles. The molecule has 1 aromatic heterocycles. The summed E-state index contributed by atoms with van der Waals surface area (Å²) in [5, 5.41) is 4.91. The fourth-order valence-corrected chi connectivity index (χ4v) is 1.75. The van der Waals surface area contributed by atoms with Crippen LogP contribution < -0.4 is 10.6 Å². The Morgan fingerprint density at radius 1 is 1.04 bits per heavy atom. The number of benzene rings is 1. The molecule has 2 amide bonds. The number of hydrogen-bond acceptors (Lipinski definition) is 5. The molecule has 0 fully saturated rings. The summed E-state index contributed by atoms with van der Waals surface area (Å²) in [6, 6.07) is 11.3. The number of nitrogens with one attached hydrogen (secondary N) is 2. The number of carbonyl (C=O) groups excluding carboxylic acids is 3. The van der Waals surface area contributed by atoms with Gasteiger partial charge in [0, 0.05) is 11.9 Å². The number of nitrogens with zero attached hydrogens (tertiary/aromatic N) is 1. The summed E-state index contributed by atoms with van der Waals surface area (Å²) in [5.41, 5.74) is 1.40. The van der Waals surface area contributed by atoms with Crippen LogP contribution in [0.3, 0.4) is 0 Å². The third-order valence-electron chi connectivity index (χ3n) is 2.93. The summed E-state index contributed by atoms with van der Waals surface area (Å²) in [6.45, 7) is 0.161. The van der Waals surface area contributed by atoms with E-state index in [1.165, 1.54) is 31.4 Å². The third-order valence-corrected chi connectivity index (χ3v) is 2.93. The number of aromatic nitrogens is 1. The second-order valence-corrected chi connectivity index (χ2v) is 4.53. The van der Waals surface area contributed by atoms with Crippen molar-refractivity contribution in [3.8, 4) is 0 Å². The van der Waals surface area contributed by atoms with Crippen LogP contribution in [0.4, 0.5) is 5.69 Å². The largest absolute Gasteiger partial charge is 0.465 e. The first kappa shape index (κ1) is 16.2. The zero-order chi connectivity index (χ0) is 16.7. The number of carbonyl (C=O) groups is 3. The zero-order valence-electron chi connectivity index (χ0n) is 12.4. The lowest BCUT2D eigenvalue weighted by molar-refractivity contribution is -0.136. The van der Waals surface area contributed by atoms with E-state index in [9.17, 15) is 14.4 Å². The summed E-state index contributed by atoms with van der Waals surface area (Å²) < 4.78 is 4.57. The Kier molecular flexibility index (Phi) is 5.40. The van der Waals surface area contributed by atoms with Gasteiger partial charge in [-0.3, -0.25) is 14.6 Å². The molecular weight excluding hydrogens is 298 g/mol. The molecule has 7 nitrogen and oxygen atoms in total. The van der Waals surface area contributed by atoms with E-state index in [0.29, 0.717) is 16.9 Å². The Morgan fingerprint density at radius 3 is 2.39 bits per heavy atom. The Bertz CT molecular complexity index is 699. The smallest absolute Gasteiger partial charge is 0.337 e. The minimum Gasteiger partial charge on any atom is -0.465 e. The summed E-state index contributed by atoms with van der Waals surface area (Å²) >= 11 is 0. The Hall–Kier alpha value is -3.22. The van der Waals surface area contributed by atoms with Crippen LogP contribution in [-0.2, 0) is 20.9 Å². The fraction of sp³-hybridized carbons (Fsp3) is 0.125. The maximum atomic E-state index is 11.8. The Balaban J connectivity index is 1.88. The van der Waals surface area contributed by atoms with Crippen LogP contribution in [0.15, 0.2) is 48.7 Å². The standard InChI is InChI=1S/C16H15N3O4/c1-23-16(22)11-5-7-12(8-6-11)19-15(21)14(20)18-10-13-4-2-3-9-17-13/h2-9H,10H2,1H3,(H,18,20)(H,19,21). The van der Waals surface area contributed by atoms with E-state index in [-0.39, 0.29) is 6.54 Å². The maximum absolute atomic E-state index is 11.8. The zero-order valence-corrected chi connectivity index (χ0v) is 12.4. The van der Waals surface area contributed by atoms with Crippen molar-refractivity contribution in [1.82, 2.24) is 10.3 Å². The molecule has 0 radical (unpaired) electrons. The molecule has 118 valence electrons. The van der Waals surface area contributed by atoms with Crippen LogP contribution in [0.25, 0.3) is 0 Å². The van der Waals surface area contributed by atoms with Crippen molar-refractivity contribution in [2.75, 3.05) is 12.4 Å². The van der Waals surface area contributed by atoms with Crippen molar-refractivity contribution in [1.29, 1.82) is 0 Å². The number of amides is 2. The van der Waals surface area contributed by atoms with Gasteiger partial charge >= 0.3 is 17.8 Å². The van der Waals surface area contributed by atoms with Crippen molar-refractivity contribution >= 4 is 23.5 Å². The van der Waals surface area contributed by atoms with E-state index in [1.54, 1.807) is 24.4 Å². The van der Waals surface area contributed by atoms with Gasteiger partial charge in [-0.1, -0.05) is 6.07 Å². The molecule has 0 aliphatic rings. The molecular formula is C16H15N3O4. The number of hydrogen-bond donors (Lipinski definition) is 2. The second kappa shape index (κ2) is 7.69. The number of anilines is 1. The van der Waals surface area contributed by atoms with Crippen LogP contribution in [0.5, 0.6) is 0 Å². The van der Waals surface area contributed by atoms with E-state index in [2.05, 4.69) is 20.4 Å². The first-order chi connectivity index (χ1) is 11.1. The summed E-state index contributed by atoms with van der Waals surface area (Å²) in [4.78, 5) is 38.8. The lowest BCUT2D eigenvalue weighted by atomic mass is 10.2. The normalized spacial score (nSPS) is 9.78. The van der Waals surface area contributed by atoms with Crippen LogP contribution in [-0.4, -0.2) is 29.9 Å². The van der Waals surface area contributed by atoms with Gasteiger partial charge in [-0.25, -0.2) is 4.79 Å². The van der Waals surface area contributed by atoms with Crippen LogP contribution >= 0.6 is 0 Å². The Morgan fingerprint density at radius 2 is 1.78 bits per heavy atom. The maximum Gasteiger partial charge on any atom is 0.337 e. The predicted octanol–water partition coefficient (Wildman–Crippen LogP) is 1.12. The van der Waals surface area contributed by atoms with Gasteiger partial charge in [0.25, 0.3) is 0 Å². The van der Waals surface area contributed by atoms with Crippen molar-refractivity contribution in [2.24, 2.45) is 0 Å². The molecule has 0 bridgehead atoms. The van der Waals surface area contributed by atoms with Gasteiger partial charge in [-0.2, -0.15) is 0 Å². The number of methoxy groups -OCH3 is 1. The minimum absolute atomic E-state index is 0.161. The lowest BCUT2D eigenvalue weighted by Gasteiger charge is -2.07. The molecule has 23 heavy (non-hydrogen) atoms. The summed E-state index contributed by atoms with van der Waals surface area (Å²) in [6.07, 6.45) is 1.60. The van der Waals surface area contributed by atoms with E-state index in [0.717, 1.165) is 0 Å². The molecule has 0 aliphatic heterocycles. The quantitative estimate of drug-likeness (QED) is 0.651.